The summed E-state index contributed by atoms with van der Waals surface area (Å²) in [6, 6.07) is 3.44. The molecule has 134 valence electrons. The average Bonchev–Trinajstić information content (AvgIpc) is 3.15. The number of aliphatic imine (C=N–C) groups is 1. The molecule has 0 aromatic carbocycles. The van der Waals surface area contributed by atoms with Crippen LogP contribution in [0.1, 0.15) is 30.3 Å². The fraction of sp³-hybridized carbons (Fsp3) is 0.647. The van der Waals surface area contributed by atoms with Gasteiger partial charge in [-0.1, -0.05) is 13.3 Å². The van der Waals surface area contributed by atoms with E-state index in [0.717, 1.165) is 45.0 Å². The van der Waals surface area contributed by atoms with Crippen molar-refractivity contribution in [2.75, 3.05) is 53.0 Å². The van der Waals surface area contributed by atoms with Gasteiger partial charge in [0.1, 0.15) is 0 Å². The fourth-order valence-corrected chi connectivity index (χ4v) is 2.59. The van der Waals surface area contributed by atoms with Crippen LogP contribution in [0.5, 0.6) is 0 Å². The van der Waals surface area contributed by atoms with Gasteiger partial charge >= 0.3 is 0 Å². The van der Waals surface area contributed by atoms with Gasteiger partial charge in [-0.15, -0.1) is 0 Å². The van der Waals surface area contributed by atoms with E-state index in [1.807, 2.05) is 4.90 Å². The van der Waals surface area contributed by atoms with E-state index in [1.54, 1.807) is 19.2 Å². The summed E-state index contributed by atoms with van der Waals surface area (Å²) in [4.78, 5) is 20.6. The van der Waals surface area contributed by atoms with E-state index in [0.29, 0.717) is 25.5 Å². The Morgan fingerprint density at radius 3 is 2.67 bits per heavy atom. The van der Waals surface area contributed by atoms with Crippen LogP contribution in [-0.4, -0.2) is 74.7 Å². The second-order valence-corrected chi connectivity index (χ2v) is 5.70. The predicted octanol–water partition coefficient (Wildman–Crippen LogP) is 1.43. The molecular weight excluding hydrogens is 308 g/mol. The lowest BCUT2D eigenvalue weighted by Crippen LogP contribution is -2.54. The van der Waals surface area contributed by atoms with Gasteiger partial charge in [0, 0.05) is 46.4 Å². The maximum Gasteiger partial charge on any atom is 0.289 e. The number of piperazine rings is 1. The maximum absolute atomic E-state index is 12.3. The highest BCUT2D eigenvalue weighted by atomic mass is 16.5. The Balaban J connectivity index is 1.71. The van der Waals surface area contributed by atoms with E-state index in [1.165, 1.54) is 6.26 Å². The molecule has 7 nitrogen and oxygen atoms in total. The van der Waals surface area contributed by atoms with Crippen LogP contribution >= 0.6 is 0 Å². The zero-order chi connectivity index (χ0) is 17.2. The lowest BCUT2D eigenvalue weighted by molar-refractivity contribution is 0.0657. The maximum atomic E-state index is 12.3. The Morgan fingerprint density at radius 2 is 2.04 bits per heavy atom. The van der Waals surface area contributed by atoms with Gasteiger partial charge in [0.15, 0.2) is 11.7 Å². The third-order valence-electron chi connectivity index (χ3n) is 3.98. The Bertz CT molecular complexity index is 508. The van der Waals surface area contributed by atoms with Crippen molar-refractivity contribution in [2.45, 2.75) is 19.8 Å². The van der Waals surface area contributed by atoms with Crippen LogP contribution in [0, 0.1) is 0 Å². The molecule has 1 aliphatic rings. The first-order chi connectivity index (χ1) is 11.8. The van der Waals surface area contributed by atoms with Crippen molar-refractivity contribution in [1.82, 2.24) is 15.1 Å². The van der Waals surface area contributed by atoms with Gasteiger partial charge < -0.3 is 24.3 Å². The zero-order valence-electron chi connectivity index (χ0n) is 14.7. The van der Waals surface area contributed by atoms with Gasteiger partial charge in [-0.05, 0) is 18.6 Å². The SMILES string of the molecule is CCCCOCCNC(=NC)N1CCN(C(=O)c2ccco2)CC1. The van der Waals surface area contributed by atoms with Crippen LogP contribution in [0.3, 0.4) is 0 Å². The second kappa shape index (κ2) is 9.97. The van der Waals surface area contributed by atoms with Crippen LogP contribution in [0.2, 0.25) is 0 Å². The number of carbonyl (C=O) groups excluding carboxylic acids is 1. The number of rotatable bonds is 7. The monoisotopic (exact) mass is 336 g/mol. The standard InChI is InChI=1S/C17H28N4O3/c1-3-4-12-23-14-7-19-17(18-2)21-10-8-20(9-11-21)16(22)15-6-5-13-24-15/h5-6,13H,3-4,7-12,14H2,1-2H3,(H,18,19). The van der Waals surface area contributed by atoms with Crippen LogP contribution in [0.4, 0.5) is 0 Å². The third kappa shape index (κ3) is 5.26. The smallest absolute Gasteiger partial charge is 0.289 e. The van der Waals surface area contributed by atoms with E-state index in [-0.39, 0.29) is 5.91 Å². The minimum absolute atomic E-state index is 0.0491. The van der Waals surface area contributed by atoms with Gasteiger partial charge in [-0.25, -0.2) is 0 Å². The van der Waals surface area contributed by atoms with Crippen molar-refractivity contribution < 1.29 is 13.9 Å². The normalized spacial score (nSPS) is 15.7. The van der Waals surface area contributed by atoms with Crippen LogP contribution in [-0.2, 0) is 4.74 Å². The zero-order valence-corrected chi connectivity index (χ0v) is 14.7. The predicted molar refractivity (Wildman–Crippen MR) is 93.3 cm³/mol. The summed E-state index contributed by atoms with van der Waals surface area (Å²) in [5.41, 5.74) is 0. The van der Waals surface area contributed by atoms with Crippen molar-refractivity contribution in [3.05, 3.63) is 24.2 Å². The Morgan fingerprint density at radius 1 is 1.29 bits per heavy atom. The molecule has 24 heavy (non-hydrogen) atoms. The Hall–Kier alpha value is -2.02. The number of ether oxygens (including phenoxy) is 1. The number of hydrogen-bond donors (Lipinski definition) is 1. The molecular formula is C17H28N4O3. The molecule has 1 saturated heterocycles. The highest BCUT2D eigenvalue weighted by Gasteiger charge is 2.24. The molecule has 1 aromatic rings. The van der Waals surface area contributed by atoms with Crippen molar-refractivity contribution in [1.29, 1.82) is 0 Å². The van der Waals surface area contributed by atoms with E-state index in [9.17, 15) is 4.79 Å². The first-order valence-electron chi connectivity index (χ1n) is 8.62. The van der Waals surface area contributed by atoms with Crippen LogP contribution in [0.25, 0.3) is 0 Å². The van der Waals surface area contributed by atoms with E-state index in [2.05, 4.69) is 22.1 Å². The quantitative estimate of drug-likeness (QED) is 0.463. The molecule has 2 heterocycles. The van der Waals surface area contributed by atoms with E-state index >= 15 is 0 Å². The summed E-state index contributed by atoms with van der Waals surface area (Å²) < 4.78 is 10.7. The number of nitrogens with zero attached hydrogens (tertiary/aromatic N) is 3. The number of guanidine groups is 1. The van der Waals surface area contributed by atoms with Gasteiger partial charge in [0.05, 0.1) is 12.9 Å². The van der Waals surface area contributed by atoms with Crippen molar-refractivity contribution in [3.8, 4) is 0 Å². The summed E-state index contributed by atoms with van der Waals surface area (Å²) >= 11 is 0. The summed E-state index contributed by atoms with van der Waals surface area (Å²) in [5, 5.41) is 3.32. The molecule has 1 amide bonds. The molecule has 0 aliphatic carbocycles. The molecule has 7 heteroatoms. The Kier molecular flexibility index (Phi) is 7.61. The van der Waals surface area contributed by atoms with Crippen molar-refractivity contribution in [3.63, 3.8) is 0 Å². The van der Waals surface area contributed by atoms with E-state index in [4.69, 9.17) is 9.15 Å². The van der Waals surface area contributed by atoms with Gasteiger partial charge in [-0.2, -0.15) is 0 Å². The summed E-state index contributed by atoms with van der Waals surface area (Å²) in [6.07, 6.45) is 3.77. The molecule has 1 fully saturated rings. The van der Waals surface area contributed by atoms with Gasteiger partial charge in [0.2, 0.25) is 0 Å². The topological polar surface area (TPSA) is 70.3 Å². The van der Waals surface area contributed by atoms with E-state index < -0.39 is 0 Å². The largest absolute Gasteiger partial charge is 0.459 e. The lowest BCUT2D eigenvalue weighted by atomic mass is 10.3. The molecule has 0 radical (unpaired) electrons. The molecule has 0 unspecified atom stereocenters. The average molecular weight is 336 g/mol. The van der Waals surface area contributed by atoms with Crippen LogP contribution < -0.4 is 5.32 Å². The number of hydrogen-bond acceptors (Lipinski definition) is 4. The Labute approximate surface area is 143 Å². The van der Waals surface area contributed by atoms with Crippen molar-refractivity contribution in [2.24, 2.45) is 4.99 Å². The molecule has 2 rings (SSSR count). The van der Waals surface area contributed by atoms with Gasteiger partial charge in [0.25, 0.3) is 5.91 Å². The molecule has 1 aromatic heterocycles. The highest BCUT2D eigenvalue weighted by Crippen LogP contribution is 2.09. The minimum Gasteiger partial charge on any atom is -0.459 e. The number of amides is 1. The molecule has 0 atom stereocenters. The number of nitrogens with one attached hydrogen (secondary N) is 1. The summed E-state index contributed by atoms with van der Waals surface area (Å²) in [5.74, 6) is 1.21. The number of furan rings is 1. The number of unbranched alkanes of at least 4 members (excludes halogenated alkanes) is 1. The molecule has 1 aliphatic heterocycles. The molecule has 1 N–H and O–H groups in total. The molecule has 0 spiro atoms. The van der Waals surface area contributed by atoms with Gasteiger partial charge in [-0.3, -0.25) is 9.79 Å². The fourth-order valence-electron chi connectivity index (χ4n) is 2.59. The summed E-state index contributed by atoms with van der Waals surface area (Å²) in [6.45, 7) is 7.20. The third-order valence-corrected chi connectivity index (χ3v) is 3.98. The molecule has 0 saturated carbocycles. The lowest BCUT2D eigenvalue weighted by Gasteiger charge is -2.36. The second-order valence-electron chi connectivity index (χ2n) is 5.70. The number of carbonyl (C=O) groups is 1. The summed E-state index contributed by atoms with van der Waals surface area (Å²) in [7, 11) is 1.78. The first-order valence-corrected chi connectivity index (χ1v) is 8.62. The minimum atomic E-state index is -0.0491. The highest BCUT2D eigenvalue weighted by molar-refractivity contribution is 5.91. The molecule has 0 bridgehead atoms. The first kappa shape index (κ1) is 18.3. The van der Waals surface area contributed by atoms with Crippen molar-refractivity contribution >= 4 is 11.9 Å². The van der Waals surface area contributed by atoms with Crippen LogP contribution in [0.15, 0.2) is 27.8 Å².